The van der Waals surface area contributed by atoms with Gasteiger partial charge in [-0.2, -0.15) is 0 Å². The standard InChI is InChI=1S/C19H16Cl2F3N5O/c20-12-6-11-15(7-14(12)22)25-9-16(11)28-18(30)27-10-5-13(21)17(26-8-10)29-3-1-19(23,24)2-4-29/h5-9,25H,1-4H2,(H2,27,28,30). The summed E-state index contributed by atoms with van der Waals surface area (Å²) >= 11 is 12.1. The second kappa shape index (κ2) is 7.88. The van der Waals surface area contributed by atoms with E-state index in [0.29, 0.717) is 28.1 Å². The van der Waals surface area contributed by atoms with Gasteiger partial charge in [0, 0.05) is 37.5 Å². The molecule has 1 aromatic carbocycles. The van der Waals surface area contributed by atoms with Crippen molar-refractivity contribution in [3.8, 4) is 0 Å². The number of H-pyrrole nitrogens is 1. The number of hydrogen-bond acceptors (Lipinski definition) is 3. The molecule has 2 amide bonds. The van der Waals surface area contributed by atoms with E-state index in [4.69, 9.17) is 23.2 Å². The summed E-state index contributed by atoms with van der Waals surface area (Å²) in [6, 6.07) is 3.57. The van der Waals surface area contributed by atoms with Crippen LogP contribution in [0.2, 0.25) is 10.0 Å². The number of benzene rings is 1. The number of alkyl halides is 2. The summed E-state index contributed by atoms with van der Waals surface area (Å²) in [7, 11) is 0. The SMILES string of the molecule is O=C(Nc1cnc(N2CCC(F)(F)CC2)c(Cl)c1)Nc1c[nH]c2cc(F)c(Cl)cc12. The molecule has 158 valence electrons. The van der Waals surface area contributed by atoms with E-state index in [2.05, 4.69) is 20.6 Å². The molecular formula is C19H16Cl2F3N5O. The summed E-state index contributed by atoms with van der Waals surface area (Å²) in [6.07, 6.45) is 2.40. The fraction of sp³-hybridized carbons (Fsp3) is 0.263. The number of nitrogens with one attached hydrogen (secondary N) is 3. The van der Waals surface area contributed by atoms with E-state index in [9.17, 15) is 18.0 Å². The van der Waals surface area contributed by atoms with Crippen LogP contribution in [0.3, 0.4) is 0 Å². The lowest BCUT2D eigenvalue weighted by atomic mass is 10.1. The van der Waals surface area contributed by atoms with Crippen molar-refractivity contribution in [1.82, 2.24) is 9.97 Å². The van der Waals surface area contributed by atoms with Crippen molar-refractivity contribution in [2.45, 2.75) is 18.8 Å². The van der Waals surface area contributed by atoms with E-state index >= 15 is 0 Å². The molecule has 3 aromatic rings. The van der Waals surface area contributed by atoms with Crippen LogP contribution in [0.1, 0.15) is 12.8 Å². The minimum absolute atomic E-state index is 0.0624. The summed E-state index contributed by atoms with van der Waals surface area (Å²) < 4.78 is 40.2. The third-order valence-corrected chi connectivity index (χ3v) is 5.41. The number of fused-ring (bicyclic) bond motifs is 1. The van der Waals surface area contributed by atoms with E-state index in [1.54, 1.807) is 4.90 Å². The second-order valence-electron chi connectivity index (χ2n) is 6.97. The molecule has 0 bridgehead atoms. The minimum atomic E-state index is -2.67. The van der Waals surface area contributed by atoms with Gasteiger partial charge in [0.2, 0.25) is 0 Å². The Kier molecular flexibility index (Phi) is 5.42. The molecule has 1 aliphatic heterocycles. The smallest absolute Gasteiger partial charge is 0.323 e. The molecule has 30 heavy (non-hydrogen) atoms. The Bertz CT molecular complexity index is 1110. The van der Waals surface area contributed by atoms with Gasteiger partial charge in [-0.25, -0.2) is 22.9 Å². The first-order valence-corrected chi connectivity index (χ1v) is 9.80. The van der Waals surface area contributed by atoms with Crippen LogP contribution in [0.15, 0.2) is 30.6 Å². The highest BCUT2D eigenvalue weighted by atomic mass is 35.5. The van der Waals surface area contributed by atoms with Gasteiger partial charge in [0.1, 0.15) is 11.6 Å². The van der Waals surface area contributed by atoms with Gasteiger partial charge < -0.3 is 20.5 Å². The van der Waals surface area contributed by atoms with E-state index in [1.165, 1.54) is 30.6 Å². The van der Waals surface area contributed by atoms with E-state index in [1.807, 2.05) is 0 Å². The monoisotopic (exact) mass is 457 g/mol. The normalized spacial score (nSPS) is 16.0. The minimum Gasteiger partial charge on any atom is -0.359 e. The summed E-state index contributed by atoms with van der Waals surface area (Å²) in [6.45, 7) is 0.299. The summed E-state index contributed by atoms with van der Waals surface area (Å²) in [5.41, 5.74) is 1.22. The lowest BCUT2D eigenvalue weighted by molar-refractivity contribution is -0.0221. The Hall–Kier alpha value is -2.65. The topological polar surface area (TPSA) is 73.1 Å². The van der Waals surface area contributed by atoms with Crippen LogP contribution in [-0.2, 0) is 0 Å². The van der Waals surface area contributed by atoms with Gasteiger partial charge in [-0.15, -0.1) is 0 Å². The van der Waals surface area contributed by atoms with E-state index in [0.717, 1.165) is 0 Å². The fourth-order valence-corrected chi connectivity index (χ4v) is 3.73. The number of aromatic nitrogens is 2. The highest BCUT2D eigenvalue weighted by molar-refractivity contribution is 6.33. The average molecular weight is 458 g/mol. The number of piperidine rings is 1. The van der Waals surface area contributed by atoms with Crippen LogP contribution in [0, 0.1) is 5.82 Å². The van der Waals surface area contributed by atoms with Gasteiger partial charge in [-0.3, -0.25) is 0 Å². The molecule has 1 aliphatic rings. The van der Waals surface area contributed by atoms with Crippen molar-refractivity contribution < 1.29 is 18.0 Å². The fourth-order valence-electron chi connectivity index (χ4n) is 3.28. The van der Waals surface area contributed by atoms with Crippen LogP contribution in [0.25, 0.3) is 10.9 Å². The van der Waals surface area contributed by atoms with Crippen LogP contribution < -0.4 is 15.5 Å². The number of anilines is 3. The molecule has 1 fully saturated rings. The number of pyridine rings is 1. The number of urea groups is 1. The molecule has 4 rings (SSSR count). The zero-order valence-corrected chi connectivity index (χ0v) is 16.9. The number of carbonyl (C=O) groups excluding carboxylic acids is 1. The predicted octanol–water partition coefficient (Wildman–Crippen LogP) is 5.89. The Balaban J connectivity index is 1.44. The average Bonchev–Trinajstić information content (AvgIpc) is 3.04. The maximum atomic E-state index is 13.5. The summed E-state index contributed by atoms with van der Waals surface area (Å²) in [4.78, 5) is 21.1. The third-order valence-electron chi connectivity index (χ3n) is 4.84. The molecule has 0 aliphatic carbocycles. The molecule has 0 unspecified atom stereocenters. The van der Waals surface area contributed by atoms with Crippen LogP contribution >= 0.6 is 23.2 Å². The Labute approximate surface area is 179 Å². The molecule has 1 saturated heterocycles. The molecule has 11 heteroatoms. The van der Waals surface area contributed by atoms with Crippen molar-refractivity contribution in [2.24, 2.45) is 0 Å². The first-order valence-electron chi connectivity index (χ1n) is 9.04. The molecule has 0 radical (unpaired) electrons. The van der Waals surface area contributed by atoms with Gasteiger partial charge in [0.25, 0.3) is 5.92 Å². The third kappa shape index (κ3) is 4.27. The highest BCUT2D eigenvalue weighted by Crippen LogP contribution is 2.33. The molecule has 0 spiro atoms. The lowest BCUT2D eigenvalue weighted by Gasteiger charge is -2.33. The number of nitrogens with zero attached hydrogens (tertiary/aromatic N) is 2. The predicted molar refractivity (Wildman–Crippen MR) is 112 cm³/mol. The van der Waals surface area contributed by atoms with Gasteiger partial charge >= 0.3 is 6.03 Å². The lowest BCUT2D eigenvalue weighted by Crippen LogP contribution is -2.39. The summed E-state index contributed by atoms with van der Waals surface area (Å²) in [5.74, 6) is -2.84. The van der Waals surface area contributed by atoms with Gasteiger partial charge in [-0.05, 0) is 18.2 Å². The molecular weight excluding hydrogens is 442 g/mol. The van der Waals surface area contributed by atoms with Gasteiger partial charge in [0.15, 0.2) is 0 Å². The first kappa shape index (κ1) is 20.6. The van der Waals surface area contributed by atoms with Gasteiger partial charge in [0.05, 0.1) is 33.1 Å². The number of rotatable bonds is 3. The van der Waals surface area contributed by atoms with Crippen molar-refractivity contribution in [2.75, 3.05) is 28.6 Å². The molecule has 2 aromatic heterocycles. The molecule has 3 heterocycles. The quantitative estimate of drug-likeness (QED) is 0.459. The molecule has 3 N–H and O–H groups in total. The van der Waals surface area contributed by atoms with Crippen molar-refractivity contribution >= 4 is 57.3 Å². The van der Waals surface area contributed by atoms with Crippen LogP contribution in [-0.4, -0.2) is 35.0 Å². The van der Waals surface area contributed by atoms with Crippen molar-refractivity contribution in [1.29, 1.82) is 0 Å². The van der Waals surface area contributed by atoms with Crippen LogP contribution in [0.5, 0.6) is 0 Å². The Morgan fingerprint density at radius 1 is 1.13 bits per heavy atom. The van der Waals surface area contributed by atoms with Crippen LogP contribution in [0.4, 0.5) is 35.2 Å². The largest absolute Gasteiger partial charge is 0.359 e. The first-order chi connectivity index (χ1) is 14.2. The maximum Gasteiger partial charge on any atom is 0.323 e. The number of amides is 2. The van der Waals surface area contributed by atoms with E-state index < -0.39 is 17.8 Å². The second-order valence-corrected chi connectivity index (χ2v) is 7.78. The van der Waals surface area contributed by atoms with Crippen molar-refractivity contribution in [3.63, 3.8) is 0 Å². The maximum absolute atomic E-state index is 13.5. The number of hydrogen-bond donors (Lipinski definition) is 3. The molecule has 6 nitrogen and oxygen atoms in total. The number of carbonyl (C=O) groups is 1. The van der Waals surface area contributed by atoms with E-state index in [-0.39, 0.29) is 36.0 Å². The van der Waals surface area contributed by atoms with Crippen molar-refractivity contribution in [3.05, 3.63) is 46.5 Å². The number of aromatic amines is 1. The Morgan fingerprint density at radius 3 is 2.57 bits per heavy atom. The summed E-state index contributed by atoms with van der Waals surface area (Å²) in [5, 5.41) is 5.96. The Morgan fingerprint density at radius 2 is 1.87 bits per heavy atom. The van der Waals surface area contributed by atoms with Gasteiger partial charge in [-0.1, -0.05) is 23.2 Å². The molecule has 0 atom stereocenters. The zero-order valence-electron chi connectivity index (χ0n) is 15.4. The highest BCUT2D eigenvalue weighted by Gasteiger charge is 2.34. The number of halogens is 5. The zero-order chi connectivity index (χ0) is 21.5. The molecule has 0 saturated carbocycles.